The van der Waals surface area contributed by atoms with Crippen LogP contribution in [-0.2, 0) is 13.1 Å². The normalized spacial score (nSPS) is 10.9. The van der Waals surface area contributed by atoms with E-state index in [1.54, 1.807) is 6.20 Å². The molecule has 0 atom stereocenters. The Kier molecular flexibility index (Phi) is 5.42. The Bertz CT molecular complexity index is 685. The number of benzene rings is 1. The zero-order valence-corrected chi connectivity index (χ0v) is 14.3. The highest BCUT2D eigenvalue weighted by Gasteiger charge is 2.10. The van der Waals surface area contributed by atoms with Crippen molar-refractivity contribution < 1.29 is 0 Å². The summed E-state index contributed by atoms with van der Waals surface area (Å²) in [4.78, 5) is 12.1. The van der Waals surface area contributed by atoms with Crippen molar-refractivity contribution in [3.05, 3.63) is 55.9 Å². The summed E-state index contributed by atoms with van der Waals surface area (Å²) in [6.45, 7) is 5.18. The van der Waals surface area contributed by atoms with Crippen molar-refractivity contribution in [2.24, 2.45) is 5.92 Å². The first kappa shape index (κ1) is 16.0. The molecule has 1 aromatic carbocycles. The molecule has 0 radical (unpaired) electrons. The number of hydrogen-bond donors (Lipinski definition) is 1. The van der Waals surface area contributed by atoms with Gasteiger partial charge < -0.3 is 5.32 Å². The van der Waals surface area contributed by atoms with Crippen molar-refractivity contribution >= 4 is 33.2 Å². The van der Waals surface area contributed by atoms with Gasteiger partial charge in [0.1, 0.15) is 5.02 Å². The number of halogens is 2. The Balaban J connectivity index is 2.17. The predicted octanol–water partition coefficient (Wildman–Crippen LogP) is 3.93. The minimum absolute atomic E-state index is 0.178. The fourth-order valence-electron chi connectivity index (χ4n) is 1.90. The molecule has 1 aromatic heterocycles. The predicted molar refractivity (Wildman–Crippen MR) is 89.8 cm³/mol. The first-order valence-electron chi connectivity index (χ1n) is 6.72. The van der Waals surface area contributed by atoms with Crippen LogP contribution >= 0.6 is 27.5 Å². The fraction of sp³-hybridized carbons (Fsp3) is 0.333. The maximum atomic E-state index is 12.1. The molecule has 6 heteroatoms. The summed E-state index contributed by atoms with van der Waals surface area (Å²) in [5.74, 6) is 0.338. The molecule has 1 heterocycles. The number of hydrogen-bond acceptors (Lipinski definition) is 3. The second-order valence-electron chi connectivity index (χ2n) is 5.20. The molecule has 4 nitrogen and oxygen atoms in total. The van der Waals surface area contributed by atoms with Crippen molar-refractivity contribution in [2.45, 2.75) is 26.9 Å². The number of aromatic nitrogens is 2. The second-order valence-corrected chi connectivity index (χ2v) is 6.43. The topological polar surface area (TPSA) is 46.9 Å². The monoisotopic (exact) mass is 369 g/mol. The van der Waals surface area contributed by atoms with Crippen LogP contribution in [-0.4, -0.2) is 9.78 Å². The van der Waals surface area contributed by atoms with E-state index in [9.17, 15) is 4.79 Å². The molecule has 0 aliphatic rings. The third-order valence-corrected chi connectivity index (χ3v) is 4.09. The zero-order chi connectivity index (χ0) is 15.4. The van der Waals surface area contributed by atoms with Crippen LogP contribution in [0.15, 0.2) is 39.7 Å². The Labute approximate surface area is 137 Å². The smallest absolute Gasteiger partial charge is 0.287 e. The van der Waals surface area contributed by atoms with Crippen LogP contribution in [0.5, 0.6) is 0 Å². The van der Waals surface area contributed by atoms with Crippen LogP contribution < -0.4 is 10.9 Å². The van der Waals surface area contributed by atoms with Crippen LogP contribution in [0.2, 0.25) is 5.02 Å². The van der Waals surface area contributed by atoms with E-state index in [2.05, 4.69) is 26.3 Å². The quantitative estimate of drug-likeness (QED) is 0.867. The van der Waals surface area contributed by atoms with E-state index in [1.165, 1.54) is 4.68 Å². The number of rotatable bonds is 5. The standard InChI is InChI=1S/C15H17BrClN3O/c1-10(2)9-20-15(21)14(17)13(8-19-20)18-7-11-5-3-4-6-12(11)16/h3-6,8,10,18H,7,9H2,1-2H3. The van der Waals surface area contributed by atoms with E-state index in [4.69, 9.17) is 11.6 Å². The number of anilines is 1. The fourth-order valence-corrected chi connectivity index (χ4v) is 2.53. The van der Waals surface area contributed by atoms with Crippen LogP contribution in [0.1, 0.15) is 19.4 Å². The molecule has 0 unspecified atom stereocenters. The van der Waals surface area contributed by atoms with E-state index in [0.717, 1.165) is 10.0 Å². The minimum Gasteiger partial charge on any atom is -0.378 e. The Morgan fingerprint density at radius 2 is 2.10 bits per heavy atom. The lowest BCUT2D eigenvalue weighted by molar-refractivity contribution is 0.464. The van der Waals surface area contributed by atoms with Gasteiger partial charge in [-0.15, -0.1) is 0 Å². The van der Waals surface area contributed by atoms with Crippen molar-refractivity contribution in [3.8, 4) is 0 Å². The molecule has 2 aromatic rings. The SMILES string of the molecule is CC(C)Cn1ncc(NCc2ccccc2Br)c(Cl)c1=O. The van der Waals surface area contributed by atoms with Gasteiger partial charge in [0.15, 0.2) is 0 Å². The maximum Gasteiger partial charge on any atom is 0.287 e. The van der Waals surface area contributed by atoms with Gasteiger partial charge in [0.25, 0.3) is 5.56 Å². The van der Waals surface area contributed by atoms with Crippen LogP contribution in [0.25, 0.3) is 0 Å². The summed E-state index contributed by atoms with van der Waals surface area (Å²) >= 11 is 9.63. The van der Waals surface area contributed by atoms with Gasteiger partial charge in [-0.2, -0.15) is 5.10 Å². The summed E-state index contributed by atoms with van der Waals surface area (Å²) in [5.41, 5.74) is 1.37. The van der Waals surface area contributed by atoms with Gasteiger partial charge in [-0.1, -0.05) is 59.6 Å². The number of nitrogens with zero attached hydrogens (tertiary/aromatic N) is 2. The largest absolute Gasteiger partial charge is 0.378 e. The van der Waals surface area contributed by atoms with Gasteiger partial charge in [0.05, 0.1) is 11.9 Å². The van der Waals surface area contributed by atoms with E-state index in [0.29, 0.717) is 24.7 Å². The minimum atomic E-state index is -0.262. The molecule has 0 saturated carbocycles. The molecular formula is C15H17BrClN3O. The van der Waals surface area contributed by atoms with Gasteiger partial charge in [-0.3, -0.25) is 4.79 Å². The summed E-state index contributed by atoms with van der Waals surface area (Å²) < 4.78 is 2.41. The van der Waals surface area contributed by atoms with Gasteiger partial charge in [-0.05, 0) is 17.5 Å². The maximum absolute atomic E-state index is 12.1. The molecule has 2 rings (SSSR count). The first-order valence-corrected chi connectivity index (χ1v) is 7.89. The highest BCUT2D eigenvalue weighted by molar-refractivity contribution is 9.10. The van der Waals surface area contributed by atoms with Crippen LogP contribution in [0.3, 0.4) is 0 Å². The van der Waals surface area contributed by atoms with E-state index in [-0.39, 0.29) is 10.6 Å². The van der Waals surface area contributed by atoms with Crippen molar-refractivity contribution in [1.82, 2.24) is 9.78 Å². The lowest BCUT2D eigenvalue weighted by Crippen LogP contribution is -2.26. The van der Waals surface area contributed by atoms with Gasteiger partial charge >= 0.3 is 0 Å². The molecule has 21 heavy (non-hydrogen) atoms. The Morgan fingerprint density at radius 3 is 2.76 bits per heavy atom. The lowest BCUT2D eigenvalue weighted by atomic mass is 10.2. The highest BCUT2D eigenvalue weighted by Crippen LogP contribution is 2.20. The molecule has 0 aliphatic heterocycles. The average molecular weight is 371 g/mol. The zero-order valence-electron chi connectivity index (χ0n) is 11.9. The lowest BCUT2D eigenvalue weighted by Gasteiger charge is -2.12. The molecule has 1 N–H and O–H groups in total. The molecule has 0 fully saturated rings. The van der Waals surface area contributed by atoms with Gasteiger partial charge in [-0.25, -0.2) is 4.68 Å². The summed E-state index contributed by atoms with van der Waals surface area (Å²) in [6.07, 6.45) is 1.60. The molecule has 0 saturated heterocycles. The van der Waals surface area contributed by atoms with E-state index < -0.39 is 0 Å². The molecule has 0 amide bonds. The van der Waals surface area contributed by atoms with Gasteiger partial charge in [0, 0.05) is 17.6 Å². The molecular weight excluding hydrogens is 354 g/mol. The van der Waals surface area contributed by atoms with E-state index >= 15 is 0 Å². The highest BCUT2D eigenvalue weighted by atomic mass is 79.9. The molecule has 0 bridgehead atoms. The van der Waals surface area contributed by atoms with E-state index in [1.807, 2.05) is 38.1 Å². The van der Waals surface area contributed by atoms with Crippen LogP contribution in [0.4, 0.5) is 5.69 Å². The summed E-state index contributed by atoms with van der Waals surface area (Å²) in [5, 5.41) is 7.49. The first-order chi connectivity index (χ1) is 9.99. The van der Waals surface area contributed by atoms with Crippen molar-refractivity contribution in [2.75, 3.05) is 5.32 Å². The van der Waals surface area contributed by atoms with Crippen molar-refractivity contribution in [1.29, 1.82) is 0 Å². The van der Waals surface area contributed by atoms with Crippen molar-refractivity contribution in [3.63, 3.8) is 0 Å². The third kappa shape index (κ3) is 4.08. The van der Waals surface area contributed by atoms with Gasteiger partial charge in [0.2, 0.25) is 0 Å². The molecule has 112 valence electrons. The Hall–Kier alpha value is -1.33. The average Bonchev–Trinajstić information content (AvgIpc) is 2.44. The summed E-state index contributed by atoms with van der Waals surface area (Å²) in [7, 11) is 0. The summed E-state index contributed by atoms with van der Waals surface area (Å²) in [6, 6.07) is 7.88. The molecule has 0 aliphatic carbocycles. The second kappa shape index (κ2) is 7.09. The number of nitrogens with one attached hydrogen (secondary N) is 1. The molecule has 0 spiro atoms. The Morgan fingerprint density at radius 1 is 1.38 bits per heavy atom. The van der Waals surface area contributed by atoms with Crippen LogP contribution in [0, 0.1) is 5.92 Å². The third-order valence-electron chi connectivity index (χ3n) is 2.95.